The number of nitrogens with one attached hydrogen (secondary N) is 1. The van der Waals surface area contributed by atoms with Gasteiger partial charge in [0, 0.05) is 17.7 Å². The fourth-order valence-corrected chi connectivity index (χ4v) is 6.08. The molecule has 0 aliphatic heterocycles. The maximum absolute atomic E-state index is 13.1. The molecule has 3 aromatic carbocycles. The van der Waals surface area contributed by atoms with Crippen molar-refractivity contribution >= 4 is 48.4 Å². The monoisotopic (exact) mass is 566 g/mol. The lowest BCUT2D eigenvalue weighted by Gasteiger charge is -2.09. The van der Waals surface area contributed by atoms with Crippen molar-refractivity contribution < 1.29 is 27.1 Å². The van der Waals surface area contributed by atoms with Gasteiger partial charge in [0.15, 0.2) is 5.78 Å². The first-order chi connectivity index (χ1) is 18.6. The Balaban J connectivity index is 1.39. The van der Waals surface area contributed by atoms with Gasteiger partial charge < -0.3 is 9.47 Å². The molecule has 39 heavy (non-hydrogen) atoms. The van der Waals surface area contributed by atoms with E-state index in [1.165, 1.54) is 43.7 Å². The van der Waals surface area contributed by atoms with E-state index in [2.05, 4.69) is 14.7 Å². The third-order valence-electron chi connectivity index (χ3n) is 5.92. The van der Waals surface area contributed by atoms with E-state index in [9.17, 15) is 17.6 Å². The summed E-state index contributed by atoms with van der Waals surface area (Å²) >= 11 is 1.42. The molecule has 0 aliphatic rings. The molecule has 0 spiro atoms. The minimum absolute atomic E-state index is 0.0245. The van der Waals surface area contributed by atoms with E-state index in [1.807, 2.05) is 19.1 Å². The molecule has 5 rings (SSSR count). The van der Waals surface area contributed by atoms with Gasteiger partial charge >= 0.3 is 0 Å². The lowest BCUT2D eigenvalue weighted by molar-refractivity contribution is 0.101. The van der Waals surface area contributed by atoms with Crippen molar-refractivity contribution in [2.45, 2.75) is 18.7 Å². The number of sulfonamides is 1. The van der Waals surface area contributed by atoms with E-state index in [-0.39, 0.29) is 23.8 Å². The molecule has 0 saturated carbocycles. The Hall–Kier alpha value is -4.00. The number of methoxy groups -OCH3 is 1. The number of aromatic nitrogens is 3. The zero-order valence-corrected chi connectivity index (χ0v) is 22.8. The Morgan fingerprint density at radius 1 is 1.08 bits per heavy atom. The van der Waals surface area contributed by atoms with Gasteiger partial charge in [-0.2, -0.15) is 0 Å². The Kier molecular flexibility index (Phi) is 7.25. The quantitative estimate of drug-likeness (QED) is 0.197. The van der Waals surface area contributed by atoms with Gasteiger partial charge in [0.05, 0.1) is 39.5 Å². The molecule has 0 radical (unpaired) electrons. The van der Waals surface area contributed by atoms with Crippen LogP contribution < -0.4 is 14.2 Å². The molecule has 1 N–H and O–H groups in total. The Morgan fingerprint density at radius 3 is 2.56 bits per heavy atom. The van der Waals surface area contributed by atoms with Crippen molar-refractivity contribution in [1.29, 1.82) is 0 Å². The molecular formula is C27H23FN4O5S2. The molecule has 12 heteroatoms. The fourth-order valence-electron chi connectivity index (χ4n) is 3.98. The van der Waals surface area contributed by atoms with Crippen molar-refractivity contribution in [2.24, 2.45) is 0 Å². The van der Waals surface area contributed by atoms with E-state index in [4.69, 9.17) is 14.5 Å². The maximum atomic E-state index is 13.1. The Morgan fingerprint density at radius 2 is 1.85 bits per heavy atom. The molecule has 0 amide bonds. The number of carbonyl (C=O) groups is 1. The van der Waals surface area contributed by atoms with Crippen LogP contribution in [0.4, 0.5) is 4.39 Å². The molecule has 0 fully saturated rings. The highest BCUT2D eigenvalue weighted by Crippen LogP contribution is 2.37. The zero-order chi connectivity index (χ0) is 27.7. The predicted octanol–water partition coefficient (Wildman–Crippen LogP) is 4.92. The Bertz CT molecular complexity index is 1820. The second kappa shape index (κ2) is 10.6. The minimum atomic E-state index is -3.78. The lowest BCUT2D eigenvalue weighted by Crippen LogP contribution is -2.28. The van der Waals surface area contributed by atoms with E-state index >= 15 is 0 Å². The summed E-state index contributed by atoms with van der Waals surface area (Å²) in [6.45, 7) is 3.51. The van der Waals surface area contributed by atoms with Crippen molar-refractivity contribution in [3.8, 4) is 22.2 Å². The van der Waals surface area contributed by atoms with Crippen LogP contribution in [0.1, 0.15) is 22.8 Å². The maximum Gasteiger partial charge on any atom is 0.240 e. The van der Waals surface area contributed by atoms with Crippen LogP contribution in [-0.4, -0.2) is 49.4 Å². The number of hydrogen-bond acceptors (Lipinski definition) is 9. The van der Waals surface area contributed by atoms with Gasteiger partial charge in [0.2, 0.25) is 15.9 Å². The number of ether oxygens (including phenoxy) is 2. The van der Waals surface area contributed by atoms with Gasteiger partial charge in [-0.3, -0.25) is 4.79 Å². The highest BCUT2D eigenvalue weighted by molar-refractivity contribution is 7.89. The minimum Gasteiger partial charge on any atom is -0.492 e. The number of benzene rings is 3. The summed E-state index contributed by atoms with van der Waals surface area (Å²) in [4.78, 5) is 26.0. The van der Waals surface area contributed by atoms with E-state index in [1.54, 1.807) is 12.1 Å². The molecule has 2 heterocycles. The van der Waals surface area contributed by atoms with Crippen LogP contribution in [0.5, 0.6) is 11.6 Å². The van der Waals surface area contributed by atoms with Gasteiger partial charge in [-0.05, 0) is 67.9 Å². The first-order valence-electron chi connectivity index (χ1n) is 11.8. The highest BCUT2D eigenvalue weighted by Gasteiger charge is 2.18. The van der Waals surface area contributed by atoms with E-state index < -0.39 is 15.8 Å². The van der Waals surface area contributed by atoms with E-state index in [0.717, 1.165) is 27.9 Å². The van der Waals surface area contributed by atoms with Crippen molar-refractivity contribution in [3.63, 3.8) is 0 Å². The van der Waals surface area contributed by atoms with Gasteiger partial charge in [-0.1, -0.05) is 0 Å². The second-order valence-electron chi connectivity index (χ2n) is 8.67. The number of halogens is 1. The molecular weight excluding hydrogens is 543 g/mol. The van der Waals surface area contributed by atoms with Crippen LogP contribution in [0.2, 0.25) is 0 Å². The van der Waals surface area contributed by atoms with Crippen LogP contribution in [0, 0.1) is 12.7 Å². The van der Waals surface area contributed by atoms with Gasteiger partial charge in [0.1, 0.15) is 23.2 Å². The van der Waals surface area contributed by atoms with Crippen molar-refractivity contribution in [1.82, 2.24) is 19.7 Å². The molecule has 0 atom stereocenters. The van der Waals surface area contributed by atoms with Crippen molar-refractivity contribution in [3.05, 3.63) is 71.7 Å². The normalized spacial score (nSPS) is 11.7. The van der Waals surface area contributed by atoms with Crippen LogP contribution in [0.15, 0.2) is 59.6 Å². The fraction of sp³-hybridized carbons (Fsp3) is 0.185. The topological polar surface area (TPSA) is 120 Å². The standard InChI is InChI=1S/C27H23FN4O5S2/c1-15-10-19(37-9-8-30-39(34,35)20-6-4-18(28)5-7-20)13-23-25(15)32-27(38-23)21-11-17(16(2)33)12-22-26(21)29-14-24(31-22)36-3/h4-7,10-14,30H,8-9H2,1-3H3. The summed E-state index contributed by atoms with van der Waals surface area (Å²) in [7, 11) is -2.28. The van der Waals surface area contributed by atoms with Gasteiger partial charge in [-0.25, -0.2) is 32.5 Å². The third-order valence-corrected chi connectivity index (χ3v) is 8.43. The van der Waals surface area contributed by atoms with Crippen molar-refractivity contribution in [2.75, 3.05) is 20.3 Å². The number of fused-ring (bicyclic) bond motifs is 2. The number of nitrogens with zero attached hydrogens (tertiary/aromatic N) is 3. The molecule has 2 aromatic heterocycles. The first kappa shape index (κ1) is 26.6. The molecule has 9 nitrogen and oxygen atoms in total. The van der Waals surface area contributed by atoms with Gasteiger partial charge in [-0.15, -0.1) is 11.3 Å². The number of carbonyl (C=O) groups excluding carboxylic acids is 1. The zero-order valence-electron chi connectivity index (χ0n) is 21.2. The van der Waals surface area contributed by atoms with Crippen LogP contribution in [-0.2, 0) is 10.0 Å². The molecule has 0 saturated heterocycles. The number of rotatable bonds is 9. The Labute approximate surface area is 227 Å². The summed E-state index contributed by atoms with van der Waals surface area (Å²) < 4.78 is 52.2. The number of thiazole rings is 1. The highest BCUT2D eigenvalue weighted by atomic mass is 32.2. The molecule has 200 valence electrons. The molecule has 5 aromatic rings. The first-order valence-corrected chi connectivity index (χ1v) is 14.1. The predicted molar refractivity (Wildman–Crippen MR) is 147 cm³/mol. The summed E-state index contributed by atoms with van der Waals surface area (Å²) in [6.07, 6.45) is 1.52. The average molecular weight is 567 g/mol. The number of ketones is 1. The van der Waals surface area contributed by atoms with Crippen LogP contribution in [0.25, 0.3) is 31.8 Å². The number of aryl methyl sites for hydroxylation is 1. The second-order valence-corrected chi connectivity index (χ2v) is 11.5. The average Bonchev–Trinajstić information content (AvgIpc) is 3.35. The number of hydrogen-bond donors (Lipinski definition) is 1. The summed E-state index contributed by atoms with van der Waals surface area (Å²) in [5.74, 6) is 0.284. The van der Waals surface area contributed by atoms with Crippen LogP contribution in [0.3, 0.4) is 0 Å². The van der Waals surface area contributed by atoms with Gasteiger partial charge in [0.25, 0.3) is 0 Å². The summed E-state index contributed by atoms with van der Waals surface area (Å²) in [5.41, 5.74) is 3.95. The third kappa shape index (κ3) is 5.58. The SMILES string of the molecule is COc1cnc2c(-c3nc4c(C)cc(OCCNS(=O)(=O)c5ccc(F)cc5)cc4s3)cc(C(C)=O)cc2n1. The smallest absolute Gasteiger partial charge is 0.240 e. The number of Topliss-reactive ketones (excluding diaryl/α,β-unsaturated/α-hetero) is 1. The molecule has 0 aliphatic carbocycles. The van der Waals surface area contributed by atoms with E-state index in [0.29, 0.717) is 38.8 Å². The molecule has 0 unspecified atom stereocenters. The van der Waals surface area contributed by atoms with Crippen LogP contribution >= 0.6 is 11.3 Å². The lowest BCUT2D eigenvalue weighted by atomic mass is 10.1. The molecule has 0 bridgehead atoms. The summed E-state index contributed by atoms with van der Waals surface area (Å²) in [5, 5.41) is 0.671. The summed E-state index contributed by atoms with van der Waals surface area (Å²) in [6, 6.07) is 11.7. The largest absolute Gasteiger partial charge is 0.492 e.